The molecule has 0 unspecified atom stereocenters. The zero-order chi connectivity index (χ0) is 13.0. The zero-order valence-electron chi connectivity index (χ0n) is 10.5. The Labute approximate surface area is 107 Å². The number of nitrogens with zero attached hydrogens (tertiary/aromatic N) is 1. The van der Waals surface area contributed by atoms with E-state index in [1.807, 2.05) is 4.90 Å². The molecule has 0 atom stereocenters. The Morgan fingerprint density at radius 1 is 1.28 bits per heavy atom. The van der Waals surface area contributed by atoms with Crippen molar-refractivity contribution in [3.05, 3.63) is 29.8 Å². The Balaban J connectivity index is 2.00. The van der Waals surface area contributed by atoms with Gasteiger partial charge in [-0.1, -0.05) is 0 Å². The molecule has 1 aromatic carbocycles. The number of methoxy groups -OCH3 is 1. The van der Waals surface area contributed by atoms with Crippen molar-refractivity contribution < 1.29 is 14.3 Å². The molecule has 1 fully saturated rings. The van der Waals surface area contributed by atoms with Gasteiger partial charge in [0, 0.05) is 24.6 Å². The molecule has 4 nitrogen and oxygen atoms in total. The van der Waals surface area contributed by atoms with Crippen molar-refractivity contribution >= 4 is 12.2 Å². The van der Waals surface area contributed by atoms with Gasteiger partial charge in [-0.15, -0.1) is 0 Å². The van der Waals surface area contributed by atoms with E-state index in [1.165, 1.54) is 0 Å². The third kappa shape index (κ3) is 2.70. The second kappa shape index (κ2) is 5.67. The summed E-state index contributed by atoms with van der Waals surface area (Å²) >= 11 is 0. The maximum Gasteiger partial charge on any atom is 0.253 e. The van der Waals surface area contributed by atoms with E-state index >= 15 is 0 Å². The highest BCUT2D eigenvalue weighted by Gasteiger charge is 2.23. The Kier molecular flexibility index (Phi) is 3.97. The van der Waals surface area contributed by atoms with Crippen molar-refractivity contribution in [2.24, 2.45) is 5.92 Å². The summed E-state index contributed by atoms with van der Waals surface area (Å²) in [5.41, 5.74) is 0.667. The fourth-order valence-corrected chi connectivity index (χ4v) is 2.15. The Morgan fingerprint density at radius 3 is 2.39 bits per heavy atom. The predicted molar refractivity (Wildman–Crippen MR) is 67.7 cm³/mol. The predicted octanol–water partition coefficient (Wildman–Crippen LogP) is 1.75. The number of carbonyl (C=O) groups is 2. The van der Waals surface area contributed by atoms with Gasteiger partial charge in [-0.05, 0) is 37.1 Å². The lowest BCUT2D eigenvalue weighted by Crippen LogP contribution is -2.38. The summed E-state index contributed by atoms with van der Waals surface area (Å²) in [6.45, 7) is 1.32. The lowest BCUT2D eigenvalue weighted by Gasteiger charge is -2.29. The normalized spacial score (nSPS) is 16.4. The van der Waals surface area contributed by atoms with Crippen LogP contribution in [0.1, 0.15) is 23.2 Å². The average molecular weight is 247 g/mol. The van der Waals surface area contributed by atoms with Gasteiger partial charge < -0.3 is 14.4 Å². The van der Waals surface area contributed by atoms with E-state index in [1.54, 1.807) is 31.4 Å². The van der Waals surface area contributed by atoms with Crippen LogP contribution in [0, 0.1) is 5.92 Å². The molecular formula is C14H17NO3. The SMILES string of the molecule is COc1ccc(C(=O)N2CCC(C=O)CC2)cc1. The standard InChI is InChI=1S/C14H17NO3/c1-18-13-4-2-12(3-5-13)14(17)15-8-6-11(10-16)7-9-15/h2-5,10-11H,6-9H2,1H3. The minimum absolute atomic E-state index is 0.0296. The number of aldehydes is 1. The molecule has 2 rings (SSSR count). The van der Waals surface area contributed by atoms with Gasteiger partial charge in [0.25, 0.3) is 5.91 Å². The van der Waals surface area contributed by atoms with Gasteiger partial charge in [0.2, 0.25) is 0 Å². The molecule has 0 bridgehead atoms. The van der Waals surface area contributed by atoms with Crippen molar-refractivity contribution in [2.45, 2.75) is 12.8 Å². The number of rotatable bonds is 3. The smallest absolute Gasteiger partial charge is 0.253 e. The average Bonchev–Trinajstić information content (AvgIpc) is 2.47. The fraction of sp³-hybridized carbons (Fsp3) is 0.429. The van der Waals surface area contributed by atoms with Gasteiger partial charge in [-0.25, -0.2) is 0 Å². The van der Waals surface area contributed by atoms with Crippen molar-refractivity contribution in [2.75, 3.05) is 20.2 Å². The quantitative estimate of drug-likeness (QED) is 0.764. The summed E-state index contributed by atoms with van der Waals surface area (Å²) in [6, 6.07) is 7.11. The van der Waals surface area contributed by atoms with E-state index in [-0.39, 0.29) is 11.8 Å². The van der Waals surface area contributed by atoms with Crippen LogP contribution in [0.4, 0.5) is 0 Å². The van der Waals surface area contributed by atoms with Gasteiger partial charge in [-0.2, -0.15) is 0 Å². The maximum atomic E-state index is 12.2. The number of amides is 1. The molecule has 1 aliphatic heterocycles. The summed E-state index contributed by atoms with van der Waals surface area (Å²) in [7, 11) is 1.60. The second-order valence-corrected chi connectivity index (χ2v) is 4.49. The van der Waals surface area contributed by atoms with Gasteiger partial charge in [-0.3, -0.25) is 4.79 Å². The lowest BCUT2D eigenvalue weighted by molar-refractivity contribution is -0.112. The molecule has 4 heteroatoms. The zero-order valence-corrected chi connectivity index (χ0v) is 10.5. The molecule has 96 valence electrons. The highest BCUT2D eigenvalue weighted by molar-refractivity contribution is 5.94. The third-order valence-electron chi connectivity index (χ3n) is 3.36. The highest BCUT2D eigenvalue weighted by Crippen LogP contribution is 2.18. The Hall–Kier alpha value is -1.84. The van der Waals surface area contributed by atoms with Crippen LogP contribution in [0.2, 0.25) is 0 Å². The molecule has 18 heavy (non-hydrogen) atoms. The van der Waals surface area contributed by atoms with Gasteiger partial charge in [0.15, 0.2) is 0 Å². The van der Waals surface area contributed by atoms with Crippen LogP contribution in [-0.4, -0.2) is 37.3 Å². The lowest BCUT2D eigenvalue weighted by atomic mass is 9.98. The first-order valence-electron chi connectivity index (χ1n) is 6.13. The molecule has 1 heterocycles. The highest BCUT2D eigenvalue weighted by atomic mass is 16.5. The largest absolute Gasteiger partial charge is 0.497 e. The van der Waals surface area contributed by atoms with Crippen LogP contribution < -0.4 is 4.74 Å². The topological polar surface area (TPSA) is 46.6 Å². The molecule has 0 saturated carbocycles. The van der Waals surface area contributed by atoms with E-state index in [0.717, 1.165) is 24.9 Å². The van der Waals surface area contributed by atoms with Crippen LogP contribution in [0.3, 0.4) is 0 Å². The summed E-state index contributed by atoms with van der Waals surface area (Å²) in [4.78, 5) is 24.7. The number of benzene rings is 1. The van der Waals surface area contributed by atoms with E-state index in [4.69, 9.17) is 4.74 Å². The molecule has 0 radical (unpaired) electrons. The van der Waals surface area contributed by atoms with Gasteiger partial charge in [0.05, 0.1) is 7.11 Å². The van der Waals surface area contributed by atoms with Gasteiger partial charge >= 0.3 is 0 Å². The maximum absolute atomic E-state index is 12.2. The van der Waals surface area contributed by atoms with Crippen LogP contribution in [-0.2, 0) is 4.79 Å². The van der Waals surface area contributed by atoms with E-state index < -0.39 is 0 Å². The number of carbonyl (C=O) groups excluding carboxylic acids is 2. The summed E-state index contributed by atoms with van der Waals surface area (Å²) in [5.74, 6) is 0.887. The van der Waals surface area contributed by atoms with Gasteiger partial charge in [0.1, 0.15) is 12.0 Å². The molecule has 1 aromatic rings. The van der Waals surface area contributed by atoms with Crippen molar-refractivity contribution in [1.82, 2.24) is 4.90 Å². The molecular weight excluding hydrogens is 230 g/mol. The molecule has 1 saturated heterocycles. The second-order valence-electron chi connectivity index (χ2n) is 4.49. The van der Waals surface area contributed by atoms with Crippen molar-refractivity contribution in [3.8, 4) is 5.75 Å². The first kappa shape index (κ1) is 12.6. The minimum Gasteiger partial charge on any atom is -0.497 e. The van der Waals surface area contributed by atoms with E-state index in [0.29, 0.717) is 18.7 Å². The third-order valence-corrected chi connectivity index (χ3v) is 3.36. The monoisotopic (exact) mass is 247 g/mol. The molecule has 1 aliphatic rings. The van der Waals surface area contributed by atoms with Crippen LogP contribution in [0.25, 0.3) is 0 Å². The molecule has 0 aromatic heterocycles. The van der Waals surface area contributed by atoms with Crippen molar-refractivity contribution in [1.29, 1.82) is 0 Å². The van der Waals surface area contributed by atoms with E-state index in [9.17, 15) is 9.59 Å². The number of hydrogen-bond donors (Lipinski definition) is 0. The fourth-order valence-electron chi connectivity index (χ4n) is 2.15. The number of likely N-dealkylation sites (tertiary alicyclic amines) is 1. The molecule has 0 N–H and O–H groups in total. The van der Waals surface area contributed by atoms with Crippen molar-refractivity contribution in [3.63, 3.8) is 0 Å². The Morgan fingerprint density at radius 2 is 1.89 bits per heavy atom. The first-order valence-corrected chi connectivity index (χ1v) is 6.13. The number of piperidine rings is 1. The summed E-state index contributed by atoms with van der Waals surface area (Å²) in [5, 5.41) is 0. The number of ether oxygens (including phenoxy) is 1. The van der Waals surface area contributed by atoms with Crippen LogP contribution in [0.5, 0.6) is 5.75 Å². The molecule has 1 amide bonds. The summed E-state index contributed by atoms with van der Waals surface area (Å²) < 4.78 is 5.06. The minimum atomic E-state index is 0.0296. The molecule has 0 aliphatic carbocycles. The number of hydrogen-bond acceptors (Lipinski definition) is 3. The van der Waals surface area contributed by atoms with E-state index in [2.05, 4.69) is 0 Å². The molecule has 0 spiro atoms. The Bertz CT molecular complexity index is 419. The summed E-state index contributed by atoms with van der Waals surface area (Å²) in [6.07, 6.45) is 2.53. The first-order chi connectivity index (χ1) is 8.74. The van der Waals surface area contributed by atoms with Crippen LogP contribution >= 0.6 is 0 Å². The van der Waals surface area contributed by atoms with Crippen LogP contribution in [0.15, 0.2) is 24.3 Å².